The number of sulfone groups is 1. The average molecular weight is 306 g/mol. The van der Waals surface area contributed by atoms with Crippen molar-refractivity contribution in [3.8, 4) is 5.69 Å². The lowest BCUT2D eigenvalue weighted by Gasteiger charge is -2.14. The highest BCUT2D eigenvalue weighted by Gasteiger charge is 2.20. The fourth-order valence-corrected chi connectivity index (χ4v) is 2.52. The molecular formula is C15H18N2O3S. The Morgan fingerprint density at radius 1 is 1.14 bits per heavy atom. The molecule has 2 rings (SSSR count). The highest BCUT2D eigenvalue weighted by molar-refractivity contribution is 7.90. The van der Waals surface area contributed by atoms with Gasteiger partial charge in [-0.05, 0) is 30.3 Å². The van der Waals surface area contributed by atoms with Gasteiger partial charge in [-0.15, -0.1) is 0 Å². The van der Waals surface area contributed by atoms with Crippen LogP contribution >= 0.6 is 0 Å². The van der Waals surface area contributed by atoms with Crippen LogP contribution in [0.3, 0.4) is 0 Å². The predicted octanol–water partition coefficient (Wildman–Crippen LogP) is 2.39. The predicted molar refractivity (Wildman–Crippen MR) is 80.8 cm³/mol. The summed E-state index contributed by atoms with van der Waals surface area (Å²) in [5.41, 5.74) is 1.72. The zero-order valence-electron chi connectivity index (χ0n) is 12.5. The molecule has 0 aliphatic heterocycles. The Labute approximate surface area is 124 Å². The molecule has 2 aromatic rings. The third kappa shape index (κ3) is 3.21. The molecular weight excluding hydrogens is 288 g/mol. The summed E-state index contributed by atoms with van der Waals surface area (Å²) in [6, 6.07) is 8.05. The first-order chi connectivity index (χ1) is 9.63. The summed E-state index contributed by atoms with van der Waals surface area (Å²) in [4.78, 5) is 11.4. The highest BCUT2D eigenvalue weighted by Crippen LogP contribution is 2.23. The van der Waals surface area contributed by atoms with E-state index in [-0.39, 0.29) is 10.3 Å². The van der Waals surface area contributed by atoms with Crippen LogP contribution in [-0.2, 0) is 15.3 Å². The smallest absolute Gasteiger partial charge is 0.175 e. The van der Waals surface area contributed by atoms with E-state index in [1.807, 2.05) is 20.8 Å². The van der Waals surface area contributed by atoms with Gasteiger partial charge in [-0.25, -0.2) is 13.1 Å². The Bertz CT molecular complexity index is 766. The van der Waals surface area contributed by atoms with Crippen LogP contribution in [0.2, 0.25) is 0 Å². The standard InChI is InChI=1S/C15H18N2O3S/c1-15(2,3)14-9-12(10-18)17(16-14)11-5-7-13(8-6-11)21(4,19)20/h5-10H,1-4H3. The van der Waals surface area contributed by atoms with Crippen LogP contribution < -0.4 is 0 Å². The van der Waals surface area contributed by atoms with E-state index >= 15 is 0 Å². The molecule has 0 N–H and O–H groups in total. The number of hydrogen-bond donors (Lipinski definition) is 0. The van der Waals surface area contributed by atoms with E-state index in [4.69, 9.17) is 0 Å². The summed E-state index contributed by atoms with van der Waals surface area (Å²) in [6.45, 7) is 6.04. The van der Waals surface area contributed by atoms with Gasteiger partial charge in [0, 0.05) is 11.7 Å². The molecule has 0 aliphatic carbocycles. The minimum Gasteiger partial charge on any atom is -0.296 e. The Morgan fingerprint density at radius 3 is 2.14 bits per heavy atom. The fourth-order valence-electron chi connectivity index (χ4n) is 1.89. The molecule has 0 radical (unpaired) electrons. The van der Waals surface area contributed by atoms with Gasteiger partial charge in [-0.2, -0.15) is 5.10 Å². The first-order valence-corrected chi connectivity index (χ1v) is 8.38. The van der Waals surface area contributed by atoms with Gasteiger partial charge >= 0.3 is 0 Å². The number of nitrogens with zero attached hydrogens (tertiary/aromatic N) is 2. The van der Waals surface area contributed by atoms with E-state index in [1.54, 1.807) is 18.2 Å². The maximum atomic E-state index is 11.5. The van der Waals surface area contributed by atoms with E-state index in [2.05, 4.69) is 5.10 Å². The van der Waals surface area contributed by atoms with Crippen LogP contribution in [0.25, 0.3) is 5.69 Å². The lowest BCUT2D eigenvalue weighted by Crippen LogP contribution is -2.12. The maximum absolute atomic E-state index is 11.5. The zero-order valence-corrected chi connectivity index (χ0v) is 13.3. The highest BCUT2D eigenvalue weighted by atomic mass is 32.2. The summed E-state index contributed by atoms with van der Waals surface area (Å²) in [5, 5.41) is 4.45. The number of hydrogen-bond acceptors (Lipinski definition) is 4. The molecule has 112 valence electrons. The maximum Gasteiger partial charge on any atom is 0.175 e. The van der Waals surface area contributed by atoms with Crippen molar-refractivity contribution in [2.24, 2.45) is 0 Å². The molecule has 6 heteroatoms. The van der Waals surface area contributed by atoms with Crippen LogP contribution in [0.1, 0.15) is 37.0 Å². The molecule has 1 heterocycles. The van der Waals surface area contributed by atoms with Gasteiger partial charge in [0.2, 0.25) is 0 Å². The molecule has 0 saturated carbocycles. The summed E-state index contributed by atoms with van der Waals surface area (Å²) >= 11 is 0. The van der Waals surface area contributed by atoms with Gasteiger partial charge in [-0.3, -0.25) is 4.79 Å². The molecule has 0 amide bonds. The molecule has 1 aromatic heterocycles. The van der Waals surface area contributed by atoms with E-state index in [0.29, 0.717) is 11.4 Å². The third-order valence-corrected chi connectivity index (χ3v) is 4.26. The molecule has 0 bridgehead atoms. The normalized spacial score (nSPS) is 12.4. The summed E-state index contributed by atoms with van der Waals surface area (Å²) in [7, 11) is -3.23. The molecule has 0 aliphatic rings. The monoisotopic (exact) mass is 306 g/mol. The van der Waals surface area contributed by atoms with Crippen molar-refractivity contribution in [2.45, 2.75) is 31.1 Å². The Kier molecular flexibility index (Phi) is 3.76. The Morgan fingerprint density at radius 2 is 1.71 bits per heavy atom. The molecule has 0 unspecified atom stereocenters. The molecule has 1 aromatic carbocycles. The van der Waals surface area contributed by atoms with Gasteiger partial charge in [0.15, 0.2) is 16.1 Å². The van der Waals surface area contributed by atoms with E-state index in [9.17, 15) is 13.2 Å². The molecule has 21 heavy (non-hydrogen) atoms. The largest absolute Gasteiger partial charge is 0.296 e. The van der Waals surface area contributed by atoms with Crippen LogP contribution in [0.5, 0.6) is 0 Å². The van der Waals surface area contributed by atoms with Crippen molar-refractivity contribution in [3.05, 3.63) is 41.7 Å². The van der Waals surface area contributed by atoms with E-state index in [0.717, 1.165) is 18.2 Å². The first-order valence-electron chi connectivity index (χ1n) is 6.49. The van der Waals surface area contributed by atoms with Crippen molar-refractivity contribution >= 4 is 16.1 Å². The van der Waals surface area contributed by atoms with Crippen LogP contribution in [0, 0.1) is 0 Å². The lowest BCUT2D eigenvalue weighted by molar-refractivity contribution is 0.111. The fraction of sp³-hybridized carbons (Fsp3) is 0.333. The minimum atomic E-state index is -3.23. The number of carbonyl (C=O) groups is 1. The molecule has 5 nitrogen and oxygen atoms in total. The SMILES string of the molecule is CC(C)(C)c1cc(C=O)n(-c2ccc(S(C)(=O)=O)cc2)n1. The van der Waals surface area contributed by atoms with E-state index in [1.165, 1.54) is 16.8 Å². The Hall–Kier alpha value is -1.95. The number of rotatable bonds is 3. The van der Waals surface area contributed by atoms with Gasteiger partial charge in [0.05, 0.1) is 16.3 Å². The lowest BCUT2D eigenvalue weighted by atomic mass is 9.92. The van der Waals surface area contributed by atoms with Crippen LogP contribution in [-0.4, -0.2) is 30.7 Å². The quantitative estimate of drug-likeness (QED) is 0.816. The van der Waals surface area contributed by atoms with Crippen LogP contribution in [0.15, 0.2) is 35.2 Å². The van der Waals surface area contributed by atoms with E-state index < -0.39 is 9.84 Å². The first kappa shape index (κ1) is 15.4. The zero-order chi connectivity index (χ0) is 15.8. The van der Waals surface area contributed by atoms with Gasteiger partial charge in [0.25, 0.3) is 0 Å². The molecule has 0 atom stereocenters. The molecule has 0 saturated heterocycles. The summed E-state index contributed by atoms with van der Waals surface area (Å²) in [6.07, 6.45) is 1.90. The number of benzene rings is 1. The van der Waals surface area contributed by atoms with Crippen molar-refractivity contribution in [1.82, 2.24) is 9.78 Å². The van der Waals surface area contributed by atoms with Gasteiger partial charge in [0.1, 0.15) is 5.69 Å². The second-order valence-corrected chi connectivity index (χ2v) is 8.02. The van der Waals surface area contributed by atoms with Crippen molar-refractivity contribution in [1.29, 1.82) is 0 Å². The van der Waals surface area contributed by atoms with Crippen molar-refractivity contribution < 1.29 is 13.2 Å². The summed E-state index contributed by atoms with van der Waals surface area (Å²) in [5.74, 6) is 0. The molecule has 0 fully saturated rings. The number of aromatic nitrogens is 2. The van der Waals surface area contributed by atoms with Gasteiger partial charge in [-0.1, -0.05) is 20.8 Å². The number of carbonyl (C=O) groups excluding carboxylic acids is 1. The average Bonchev–Trinajstić information content (AvgIpc) is 2.81. The van der Waals surface area contributed by atoms with Gasteiger partial charge < -0.3 is 0 Å². The second kappa shape index (κ2) is 5.11. The van der Waals surface area contributed by atoms with Crippen molar-refractivity contribution in [2.75, 3.05) is 6.26 Å². The third-order valence-electron chi connectivity index (χ3n) is 3.14. The Balaban J connectivity index is 2.52. The van der Waals surface area contributed by atoms with Crippen molar-refractivity contribution in [3.63, 3.8) is 0 Å². The number of aldehydes is 1. The topological polar surface area (TPSA) is 69.0 Å². The minimum absolute atomic E-state index is 0.171. The second-order valence-electron chi connectivity index (χ2n) is 6.00. The van der Waals surface area contributed by atoms with Crippen LogP contribution in [0.4, 0.5) is 0 Å². The summed E-state index contributed by atoms with van der Waals surface area (Å²) < 4.78 is 24.4. The molecule has 0 spiro atoms.